The van der Waals surface area contributed by atoms with Crippen LogP contribution in [-0.2, 0) is 9.59 Å². The van der Waals surface area contributed by atoms with Gasteiger partial charge < -0.3 is 19.4 Å². The van der Waals surface area contributed by atoms with E-state index >= 15 is 0 Å². The molecule has 1 aliphatic heterocycles. The van der Waals surface area contributed by atoms with Crippen LogP contribution in [0.15, 0.2) is 71.1 Å². The Balaban J connectivity index is 1.41. The molecule has 2 atom stereocenters. The van der Waals surface area contributed by atoms with Gasteiger partial charge in [-0.25, -0.2) is 0 Å². The molecule has 32 heavy (non-hydrogen) atoms. The minimum atomic E-state index is -0.725. The van der Waals surface area contributed by atoms with Crippen molar-refractivity contribution < 1.29 is 18.7 Å². The fourth-order valence-corrected chi connectivity index (χ4v) is 4.42. The Kier molecular flexibility index (Phi) is 5.05. The Morgan fingerprint density at radius 2 is 1.81 bits per heavy atom. The molecule has 1 saturated heterocycles. The zero-order chi connectivity index (χ0) is 22.2. The average Bonchev–Trinajstić information content (AvgIpc) is 3.38. The van der Waals surface area contributed by atoms with Crippen LogP contribution in [0.4, 0.5) is 5.69 Å². The number of nitrogens with one attached hydrogen (secondary N) is 1. The SMILES string of the molecule is COc1cc2c(cc1N1CC[C@H](C(=O)N[C@H](C)c3ccccc3)C1=O)oc1ccccc12. The number of anilines is 1. The molecule has 0 saturated carbocycles. The zero-order valence-corrected chi connectivity index (χ0v) is 18.0. The second-order valence-electron chi connectivity index (χ2n) is 8.09. The molecule has 0 radical (unpaired) electrons. The lowest BCUT2D eigenvalue weighted by Gasteiger charge is -2.20. The maximum absolute atomic E-state index is 13.2. The number of carbonyl (C=O) groups excluding carboxylic acids is 2. The molecular formula is C26H24N2O4. The summed E-state index contributed by atoms with van der Waals surface area (Å²) in [6.45, 7) is 2.36. The Labute approximate surface area is 185 Å². The van der Waals surface area contributed by atoms with Crippen molar-refractivity contribution in [3.63, 3.8) is 0 Å². The standard InChI is InChI=1S/C26H24N2O4/c1-16(17-8-4-3-5-9-17)27-25(29)19-12-13-28(26(19)30)21-15-23-20(14-24(21)31-2)18-10-6-7-11-22(18)32-23/h3-11,14-16,19H,12-13H2,1-2H3,(H,27,29)/t16-,19-/m1/s1. The van der Waals surface area contributed by atoms with E-state index in [1.54, 1.807) is 12.0 Å². The van der Waals surface area contributed by atoms with E-state index in [2.05, 4.69) is 5.32 Å². The number of para-hydroxylation sites is 1. The van der Waals surface area contributed by atoms with Crippen molar-refractivity contribution >= 4 is 39.4 Å². The first-order valence-corrected chi connectivity index (χ1v) is 10.7. The Morgan fingerprint density at radius 1 is 1.06 bits per heavy atom. The molecule has 0 aliphatic carbocycles. The van der Waals surface area contributed by atoms with E-state index in [0.717, 1.165) is 21.9 Å². The van der Waals surface area contributed by atoms with E-state index in [9.17, 15) is 9.59 Å². The number of rotatable bonds is 5. The highest BCUT2D eigenvalue weighted by Gasteiger charge is 2.39. The predicted molar refractivity (Wildman–Crippen MR) is 124 cm³/mol. The minimum Gasteiger partial charge on any atom is -0.495 e. The summed E-state index contributed by atoms with van der Waals surface area (Å²) in [4.78, 5) is 27.7. The molecular weight excluding hydrogens is 404 g/mol. The molecule has 4 aromatic rings. The largest absolute Gasteiger partial charge is 0.495 e. The number of ether oxygens (including phenoxy) is 1. The van der Waals surface area contributed by atoms with Gasteiger partial charge in [-0.1, -0.05) is 48.5 Å². The summed E-state index contributed by atoms with van der Waals surface area (Å²) >= 11 is 0. The van der Waals surface area contributed by atoms with Crippen LogP contribution >= 0.6 is 0 Å². The zero-order valence-electron chi connectivity index (χ0n) is 18.0. The van der Waals surface area contributed by atoms with Gasteiger partial charge in [0.1, 0.15) is 22.8 Å². The van der Waals surface area contributed by atoms with Crippen LogP contribution in [0.1, 0.15) is 24.9 Å². The Hall–Kier alpha value is -3.80. The summed E-state index contributed by atoms with van der Waals surface area (Å²) in [7, 11) is 1.58. The highest BCUT2D eigenvalue weighted by Crippen LogP contribution is 2.40. The van der Waals surface area contributed by atoms with Gasteiger partial charge >= 0.3 is 0 Å². The topological polar surface area (TPSA) is 71.8 Å². The highest BCUT2D eigenvalue weighted by molar-refractivity contribution is 6.12. The van der Waals surface area contributed by atoms with Crippen LogP contribution in [0.2, 0.25) is 0 Å². The quantitative estimate of drug-likeness (QED) is 0.463. The molecule has 6 nitrogen and oxygen atoms in total. The van der Waals surface area contributed by atoms with Gasteiger partial charge in [0.05, 0.1) is 18.8 Å². The highest BCUT2D eigenvalue weighted by atomic mass is 16.5. The van der Waals surface area contributed by atoms with Crippen molar-refractivity contribution in [1.82, 2.24) is 5.32 Å². The maximum atomic E-state index is 13.2. The van der Waals surface area contributed by atoms with Gasteiger partial charge in [-0.05, 0) is 31.0 Å². The number of carbonyl (C=O) groups is 2. The lowest BCUT2D eigenvalue weighted by atomic mass is 10.0. The fourth-order valence-electron chi connectivity index (χ4n) is 4.42. The molecule has 5 rings (SSSR count). The van der Waals surface area contributed by atoms with Gasteiger partial charge in [-0.3, -0.25) is 9.59 Å². The number of hydrogen-bond donors (Lipinski definition) is 1. The van der Waals surface area contributed by atoms with Gasteiger partial charge in [-0.15, -0.1) is 0 Å². The fraction of sp³-hybridized carbons (Fsp3) is 0.231. The number of benzene rings is 3. The molecule has 1 aromatic heterocycles. The first kappa shape index (κ1) is 20.1. The first-order chi connectivity index (χ1) is 15.6. The third kappa shape index (κ3) is 3.38. The molecule has 6 heteroatoms. The number of nitrogens with zero attached hydrogens (tertiary/aromatic N) is 1. The van der Waals surface area contributed by atoms with Gasteiger partial charge in [0.25, 0.3) is 0 Å². The summed E-state index contributed by atoms with van der Waals surface area (Å²) in [5, 5.41) is 4.90. The predicted octanol–water partition coefficient (Wildman–Crippen LogP) is 4.82. The van der Waals surface area contributed by atoms with E-state index in [4.69, 9.17) is 9.15 Å². The second-order valence-corrected chi connectivity index (χ2v) is 8.09. The van der Waals surface area contributed by atoms with Crippen LogP contribution in [0.3, 0.4) is 0 Å². The van der Waals surface area contributed by atoms with Gasteiger partial charge in [0.2, 0.25) is 11.8 Å². The Morgan fingerprint density at radius 3 is 2.59 bits per heavy atom. The molecule has 0 bridgehead atoms. The minimum absolute atomic E-state index is 0.174. The smallest absolute Gasteiger partial charge is 0.239 e. The van der Waals surface area contributed by atoms with Crippen molar-refractivity contribution in [2.24, 2.45) is 5.92 Å². The van der Waals surface area contributed by atoms with Gasteiger partial charge in [-0.2, -0.15) is 0 Å². The van der Waals surface area contributed by atoms with Crippen LogP contribution in [0.25, 0.3) is 21.9 Å². The second kappa shape index (κ2) is 8.04. The van der Waals surface area contributed by atoms with E-state index in [-0.39, 0.29) is 17.9 Å². The number of furan rings is 1. The number of hydrogen-bond acceptors (Lipinski definition) is 4. The van der Waals surface area contributed by atoms with E-state index in [0.29, 0.717) is 30.0 Å². The molecule has 2 heterocycles. The summed E-state index contributed by atoms with van der Waals surface area (Å²) in [5.41, 5.74) is 3.08. The van der Waals surface area contributed by atoms with E-state index in [1.165, 1.54) is 0 Å². The molecule has 1 N–H and O–H groups in total. The molecule has 1 fully saturated rings. The molecule has 1 aliphatic rings. The third-order valence-electron chi connectivity index (χ3n) is 6.15. The molecule has 0 spiro atoms. The summed E-state index contributed by atoms with van der Waals surface area (Å²) in [6, 6.07) is 21.1. The number of methoxy groups -OCH3 is 1. The molecule has 2 amide bonds. The van der Waals surface area contributed by atoms with Gasteiger partial charge in [0.15, 0.2) is 0 Å². The van der Waals surface area contributed by atoms with Crippen LogP contribution in [0.5, 0.6) is 5.75 Å². The number of amides is 2. The lowest BCUT2D eigenvalue weighted by Crippen LogP contribution is -2.38. The Bertz CT molecular complexity index is 1310. The van der Waals surface area contributed by atoms with Crippen molar-refractivity contribution in [1.29, 1.82) is 0 Å². The monoisotopic (exact) mass is 428 g/mol. The van der Waals surface area contributed by atoms with Crippen molar-refractivity contribution in [2.45, 2.75) is 19.4 Å². The van der Waals surface area contributed by atoms with Crippen LogP contribution in [0, 0.1) is 5.92 Å². The van der Waals surface area contributed by atoms with E-state index < -0.39 is 5.92 Å². The molecule has 3 aromatic carbocycles. The normalized spacial score (nSPS) is 17.1. The lowest BCUT2D eigenvalue weighted by molar-refractivity contribution is -0.132. The summed E-state index contributed by atoms with van der Waals surface area (Å²) in [6.07, 6.45) is 0.452. The molecule has 162 valence electrons. The van der Waals surface area contributed by atoms with Crippen LogP contribution in [-0.4, -0.2) is 25.5 Å². The molecule has 0 unspecified atom stereocenters. The van der Waals surface area contributed by atoms with Crippen molar-refractivity contribution in [3.05, 3.63) is 72.3 Å². The average molecular weight is 428 g/mol. The van der Waals surface area contributed by atoms with E-state index in [1.807, 2.05) is 73.7 Å². The van der Waals surface area contributed by atoms with Crippen molar-refractivity contribution in [3.8, 4) is 5.75 Å². The van der Waals surface area contributed by atoms with Gasteiger partial charge in [0, 0.05) is 23.4 Å². The number of fused-ring (bicyclic) bond motifs is 3. The first-order valence-electron chi connectivity index (χ1n) is 10.7. The maximum Gasteiger partial charge on any atom is 0.239 e. The third-order valence-corrected chi connectivity index (χ3v) is 6.15. The van der Waals surface area contributed by atoms with Crippen molar-refractivity contribution in [2.75, 3.05) is 18.6 Å². The summed E-state index contributed by atoms with van der Waals surface area (Å²) < 4.78 is 11.6. The van der Waals surface area contributed by atoms with Crippen LogP contribution < -0.4 is 15.0 Å². The summed E-state index contributed by atoms with van der Waals surface area (Å²) in [5.74, 6) is -0.623.